The van der Waals surface area contributed by atoms with Gasteiger partial charge in [-0.2, -0.15) is 0 Å². The molecule has 0 aliphatic carbocycles. The summed E-state index contributed by atoms with van der Waals surface area (Å²) in [5.41, 5.74) is 35.7. The lowest BCUT2D eigenvalue weighted by molar-refractivity contribution is -0.0634. The molecule has 0 amide bonds. The van der Waals surface area contributed by atoms with E-state index >= 15 is 0 Å². The average molecular weight is 1050 g/mol. The fourth-order valence-electron chi connectivity index (χ4n) is 7.89. The Morgan fingerprint density at radius 3 is 1.19 bits per heavy atom. The predicted octanol–water partition coefficient (Wildman–Crippen LogP) is -4.75. The number of hydrogen-bond acceptors (Lipinski definition) is 30. The molecular weight excluding hydrogens is 1010 g/mol. The van der Waals surface area contributed by atoms with Crippen LogP contribution in [-0.4, -0.2) is 173 Å². The molecule has 6 aromatic rings. The molecule has 3 aliphatic rings. The third-order valence-corrected chi connectivity index (χ3v) is 13.5. The van der Waals surface area contributed by atoms with Crippen LogP contribution in [0.3, 0.4) is 0 Å². The third kappa shape index (κ3) is 9.18. The number of aliphatic hydroxyl groups is 4. The van der Waals surface area contributed by atoms with Gasteiger partial charge in [0.25, 0.3) is 0 Å². The Hall–Kier alpha value is -5.50. The third-order valence-electron chi connectivity index (χ3n) is 11.0. The Balaban J connectivity index is 0.941. The van der Waals surface area contributed by atoms with Gasteiger partial charge in [-0.25, -0.2) is 58.6 Å². The van der Waals surface area contributed by atoms with Crippen LogP contribution in [0.4, 0.5) is 35.3 Å². The van der Waals surface area contributed by atoms with Gasteiger partial charge in [0, 0.05) is 0 Å². The standard InChI is InChI=1S/C30H41N18O19P3/c31-19-10-22(40-4-37-19)46(28(34)43-10)25-16(52)13(49)7(63-25)2-61-69(56,57)67-18-15(51)9(65-27(18)48-24-12(45-30(48)36)21(33)39-6-42-24)3-62-70(58,59)66-17-14(50)8(1-60-68(53,54)55)64-26(17)47-23-11(44-29(47)35)20(32)38-5-41-23/h4-9,13-18,25-27,49-52H,1-3H2,(H2,34,43)(H2,35,44)(H2,36,45)(H,56,57)(H,58,59)(H2,31,37,40)(H2,32,38,41)(H2,33,39,42)(H2,53,54,55). The van der Waals surface area contributed by atoms with E-state index in [1.807, 2.05) is 0 Å². The van der Waals surface area contributed by atoms with Crippen LogP contribution in [-0.2, 0) is 50.5 Å². The summed E-state index contributed by atoms with van der Waals surface area (Å²) in [6, 6.07) is 0. The first kappa shape index (κ1) is 49.5. The minimum absolute atomic E-state index is 0.0187. The number of nitrogen functional groups attached to an aromatic ring is 6. The van der Waals surface area contributed by atoms with Gasteiger partial charge in [0.2, 0.25) is 17.8 Å². The summed E-state index contributed by atoms with van der Waals surface area (Å²) in [5.74, 6) is -1.46. The number of ether oxygens (including phenoxy) is 3. The maximum absolute atomic E-state index is 13.7. The normalized spacial score (nSPS) is 30.2. The second kappa shape index (κ2) is 18.3. The van der Waals surface area contributed by atoms with Gasteiger partial charge in [-0.1, -0.05) is 0 Å². The van der Waals surface area contributed by atoms with Crippen LogP contribution in [0.25, 0.3) is 33.5 Å². The summed E-state index contributed by atoms with van der Waals surface area (Å²) < 4.78 is 85.2. The highest BCUT2D eigenvalue weighted by Gasteiger charge is 2.54. The number of imidazole rings is 3. The lowest BCUT2D eigenvalue weighted by atomic mass is 10.1. The van der Waals surface area contributed by atoms with Crippen LogP contribution < -0.4 is 34.4 Å². The first-order valence-electron chi connectivity index (χ1n) is 19.9. The summed E-state index contributed by atoms with van der Waals surface area (Å²) in [6.45, 7) is -3.06. The van der Waals surface area contributed by atoms with Crippen molar-refractivity contribution in [1.29, 1.82) is 0 Å². The maximum Gasteiger partial charge on any atom is 0.472 e. The van der Waals surface area contributed by atoms with Gasteiger partial charge < -0.3 is 88.6 Å². The first-order chi connectivity index (χ1) is 32.9. The van der Waals surface area contributed by atoms with Gasteiger partial charge >= 0.3 is 23.5 Å². The van der Waals surface area contributed by atoms with Crippen LogP contribution >= 0.6 is 23.5 Å². The van der Waals surface area contributed by atoms with Crippen molar-refractivity contribution in [2.75, 3.05) is 54.2 Å². The van der Waals surface area contributed by atoms with E-state index in [0.29, 0.717) is 0 Å². The zero-order valence-electron chi connectivity index (χ0n) is 35.0. The SMILES string of the molecule is Nc1ncnc2c1nc(N)n2C1OC(COP(=O)(O)OC2C(O)C(COP(=O)(O)OC3C(O)C(COP(=O)(O)O)OC3n3c(N)nc4c(N)ncnc43)OC2n2c(N)nc3c(N)ncnc32)C(O)C1O. The topological polar surface area (TPSA) is 574 Å². The number of rotatable bonds is 16. The molecule has 0 radical (unpaired) electrons. The van der Waals surface area contributed by atoms with Gasteiger partial charge in [0.1, 0.15) is 73.9 Å². The lowest BCUT2D eigenvalue weighted by Crippen LogP contribution is -2.37. The van der Waals surface area contributed by atoms with Crippen LogP contribution in [0.15, 0.2) is 19.0 Å². The fourth-order valence-corrected chi connectivity index (χ4v) is 10.1. The van der Waals surface area contributed by atoms with Gasteiger partial charge in [0.15, 0.2) is 69.6 Å². The minimum Gasteiger partial charge on any atom is -0.387 e. The molecule has 20 N–H and O–H groups in total. The van der Waals surface area contributed by atoms with Crippen molar-refractivity contribution in [1.82, 2.24) is 58.6 Å². The molecule has 0 saturated carbocycles. The number of anilines is 6. The minimum atomic E-state index is -5.53. The smallest absolute Gasteiger partial charge is 0.387 e. The molecule has 70 heavy (non-hydrogen) atoms. The van der Waals surface area contributed by atoms with Crippen molar-refractivity contribution >= 4 is 92.3 Å². The van der Waals surface area contributed by atoms with Crippen LogP contribution in [0.2, 0.25) is 0 Å². The zero-order valence-corrected chi connectivity index (χ0v) is 37.7. The van der Waals surface area contributed by atoms with E-state index in [1.165, 1.54) is 0 Å². The van der Waals surface area contributed by atoms with Crippen molar-refractivity contribution in [2.24, 2.45) is 0 Å². The second-order valence-corrected chi connectivity index (χ2v) is 19.5. The van der Waals surface area contributed by atoms with E-state index < -0.39 is 129 Å². The molecule has 0 spiro atoms. The molecule has 40 heteroatoms. The highest BCUT2D eigenvalue weighted by Crippen LogP contribution is 2.53. The molecule has 3 fully saturated rings. The molecular formula is C30H41N18O19P3. The Kier molecular flexibility index (Phi) is 12.9. The number of nitrogens with two attached hydrogens (primary N) is 6. The van der Waals surface area contributed by atoms with Crippen molar-refractivity contribution in [3.8, 4) is 0 Å². The molecule has 14 atom stereocenters. The molecule has 3 saturated heterocycles. The summed E-state index contributed by atoms with van der Waals surface area (Å²) in [7, 11) is -16.1. The van der Waals surface area contributed by atoms with Gasteiger partial charge in [-0.3, -0.25) is 36.3 Å². The fraction of sp³-hybridized carbons (Fsp3) is 0.500. The van der Waals surface area contributed by atoms with Gasteiger partial charge in [0.05, 0.1) is 19.8 Å². The predicted molar refractivity (Wildman–Crippen MR) is 227 cm³/mol. The highest BCUT2D eigenvalue weighted by atomic mass is 31.2. The molecule has 380 valence electrons. The van der Waals surface area contributed by atoms with Crippen LogP contribution in [0, 0.1) is 0 Å². The number of fused-ring (bicyclic) bond motifs is 3. The van der Waals surface area contributed by atoms with Gasteiger partial charge in [-0.15, -0.1) is 0 Å². The largest absolute Gasteiger partial charge is 0.472 e. The maximum atomic E-state index is 13.7. The molecule has 6 aromatic heterocycles. The van der Waals surface area contributed by atoms with Crippen molar-refractivity contribution < 1.29 is 90.5 Å². The Morgan fingerprint density at radius 1 is 0.486 bits per heavy atom. The summed E-state index contributed by atoms with van der Waals surface area (Å²) in [4.78, 5) is 76.6. The van der Waals surface area contributed by atoms with E-state index in [9.17, 15) is 53.7 Å². The first-order valence-corrected chi connectivity index (χ1v) is 24.4. The quantitative estimate of drug-likeness (QED) is 0.0405. The average Bonchev–Trinajstić information content (AvgIpc) is 4.11. The number of aliphatic hydroxyl groups excluding tert-OH is 4. The van der Waals surface area contributed by atoms with Crippen molar-refractivity contribution in [2.45, 2.75) is 73.6 Å². The van der Waals surface area contributed by atoms with E-state index in [-0.39, 0.29) is 56.9 Å². The van der Waals surface area contributed by atoms with E-state index in [2.05, 4.69) is 49.4 Å². The molecule has 0 aromatic carbocycles. The van der Waals surface area contributed by atoms with Crippen molar-refractivity contribution in [3.05, 3.63) is 19.0 Å². The Labute approximate surface area is 387 Å². The molecule has 14 unspecified atom stereocenters. The van der Waals surface area contributed by atoms with Crippen LogP contribution in [0.5, 0.6) is 0 Å². The summed E-state index contributed by atoms with van der Waals surface area (Å²) >= 11 is 0. The number of aromatic nitrogens is 12. The molecule has 37 nitrogen and oxygen atoms in total. The van der Waals surface area contributed by atoms with Crippen molar-refractivity contribution in [3.63, 3.8) is 0 Å². The Morgan fingerprint density at radius 2 is 0.814 bits per heavy atom. The number of hydrogen-bond donors (Lipinski definition) is 14. The van der Waals surface area contributed by atoms with E-state index in [1.54, 1.807) is 0 Å². The summed E-state index contributed by atoms with van der Waals surface area (Å²) in [5, 5.41) is 44.7. The molecule has 3 aliphatic heterocycles. The van der Waals surface area contributed by atoms with Gasteiger partial charge in [-0.05, 0) is 0 Å². The molecule has 9 heterocycles. The Bertz CT molecular complexity index is 3110. The lowest BCUT2D eigenvalue weighted by Gasteiger charge is -2.25. The highest BCUT2D eigenvalue weighted by molar-refractivity contribution is 7.47. The van der Waals surface area contributed by atoms with E-state index in [0.717, 1.165) is 32.7 Å². The van der Waals surface area contributed by atoms with Crippen LogP contribution in [0.1, 0.15) is 18.7 Å². The number of nitrogens with zero attached hydrogens (tertiary/aromatic N) is 12. The van der Waals surface area contributed by atoms with E-state index in [4.69, 9.17) is 66.7 Å². The second-order valence-electron chi connectivity index (χ2n) is 15.4. The monoisotopic (exact) mass is 1050 g/mol. The number of phosphoric ester groups is 3. The summed E-state index contributed by atoms with van der Waals surface area (Å²) in [6.07, 6.45) is -18.7. The zero-order chi connectivity index (χ0) is 50.4. The molecule has 0 bridgehead atoms. The molecule has 9 rings (SSSR count). The number of phosphoric acid groups is 3.